The third-order valence-corrected chi connectivity index (χ3v) is 4.09. The lowest BCUT2D eigenvalue weighted by Crippen LogP contribution is -2.50. The number of aryl methyl sites for hydroxylation is 1. The van der Waals surface area contributed by atoms with Gasteiger partial charge in [0.05, 0.1) is 23.6 Å². The molecule has 1 rings (SSSR count). The van der Waals surface area contributed by atoms with E-state index in [2.05, 4.69) is 15.0 Å². The lowest BCUT2D eigenvalue weighted by atomic mass is 10.1. The third-order valence-electron chi connectivity index (χ3n) is 2.30. The van der Waals surface area contributed by atoms with Gasteiger partial charge in [-0.3, -0.25) is 4.79 Å². The summed E-state index contributed by atoms with van der Waals surface area (Å²) in [6, 6.07) is 0. The van der Waals surface area contributed by atoms with E-state index in [-0.39, 0.29) is 11.7 Å². The Hall–Kier alpha value is -1.08. The zero-order chi connectivity index (χ0) is 14.5. The summed E-state index contributed by atoms with van der Waals surface area (Å²) < 4.78 is 4.62. The van der Waals surface area contributed by atoms with Crippen LogP contribution in [0.1, 0.15) is 24.5 Å². The third kappa shape index (κ3) is 5.20. The molecule has 0 aliphatic carbocycles. The van der Waals surface area contributed by atoms with Crippen LogP contribution in [-0.4, -0.2) is 35.3 Å². The number of thiazole rings is 1. The molecule has 0 aliphatic rings. The van der Waals surface area contributed by atoms with Gasteiger partial charge >= 0.3 is 5.97 Å². The maximum Gasteiger partial charge on any atom is 0.330 e. The molecule has 0 spiro atoms. The van der Waals surface area contributed by atoms with Crippen LogP contribution in [-0.2, 0) is 20.1 Å². The topological polar surface area (TPSA) is 68.3 Å². The van der Waals surface area contributed by atoms with Crippen molar-refractivity contribution in [2.45, 2.75) is 32.1 Å². The Morgan fingerprint density at radius 2 is 2.21 bits per heavy atom. The Labute approximate surface area is 121 Å². The molecular formula is C12H18N2O3S2. The van der Waals surface area contributed by atoms with Crippen LogP contribution in [0.4, 0.5) is 0 Å². The molecule has 0 atom stereocenters. The summed E-state index contributed by atoms with van der Waals surface area (Å²) in [5.74, 6) is 0.335. The van der Waals surface area contributed by atoms with Crippen LogP contribution >= 0.6 is 23.1 Å². The molecule has 0 aromatic carbocycles. The summed E-state index contributed by atoms with van der Waals surface area (Å²) >= 11 is 3.06. The summed E-state index contributed by atoms with van der Waals surface area (Å²) in [5.41, 5.74) is -0.0172. The fourth-order valence-corrected chi connectivity index (χ4v) is 2.85. The van der Waals surface area contributed by atoms with Crippen LogP contribution in [0.15, 0.2) is 5.38 Å². The predicted octanol–water partition coefficient (Wildman–Crippen LogP) is 1.75. The number of carbonyl (C=O) groups excluding carboxylic acids is 2. The van der Waals surface area contributed by atoms with Crippen molar-refractivity contribution in [2.24, 2.45) is 0 Å². The molecule has 5 nitrogen and oxygen atoms in total. The molecule has 0 radical (unpaired) electrons. The lowest BCUT2D eigenvalue weighted by Gasteiger charge is -2.22. The van der Waals surface area contributed by atoms with Crippen molar-refractivity contribution in [3.63, 3.8) is 0 Å². The summed E-state index contributed by atoms with van der Waals surface area (Å²) in [5, 5.41) is 5.65. The van der Waals surface area contributed by atoms with Crippen molar-refractivity contribution < 1.29 is 14.3 Å². The van der Waals surface area contributed by atoms with Gasteiger partial charge in [0, 0.05) is 11.1 Å². The standard InChI is InChI=1S/C12H18N2O3S2/c1-8-13-9(6-19-8)5-18-7-10(15)14-12(2,3)11(16)17-4/h6H,5,7H2,1-4H3,(H,14,15). The van der Waals surface area contributed by atoms with Gasteiger partial charge in [0.2, 0.25) is 5.91 Å². The van der Waals surface area contributed by atoms with E-state index < -0.39 is 11.5 Å². The average molecular weight is 302 g/mol. The van der Waals surface area contributed by atoms with E-state index >= 15 is 0 Å². The minimum absolute atomic E-state index is 0.188. The highest BCUT2D eigenvalue weighted by molar-refractivity contribution is 7.99. The van der Waals surface area contributed by atoms with Crippen molar-refractivity contribution in [2.75, 3.05) is 12.9 Å². The van der Waals surface area contributed by atoms with Crippen LogP contribution in [0.3, 0.4) is 0 Å². The Morgan fingerprint density at radius 1 is 1.53 bits per heavy atom. The van der Waals surface area contributed by atoms with E-state index in [1.54, 1.807) is 25.2 Å². The summed E-state index contributed by atoms with van der Waals surface area (Å²) in [6.07, 6.45) is 0. The molecule has 0 unspecified atom stereocenters. The number of hydrogen-bond donors (Lipinski definition) is 1. The monoisotopic (exact) mass is 302 g/mol. The maximum atomic E-state index is 11.7. The Kier molecular flexibility index (Phi) is 5.81. The number of aromatic nitrogens is 1. The molecule has 1 N–H and O–H groups in total. The van der Waals surface area contributed by atoms with Crippen molar-refractivity contribution >= 4 is 35.0 Å². The molecular weight excluding hydrogens is 284 g/mol. The van der Waals surface area contributed by atoms with E-state index in [0.717, 1.165) is 10.7 Å². The number of nitrogens with zero attached hydrogens (tertiary/aromatic N) is 1. The molecule has 7 heteroatoms. The molecule has 1 amide bonds. The Bertz CT molecular complexity index is 458. The fourth-order valence-electron chi connectivity index (χ4n) is 1.41. The highest BCUT2D eigenvalue weighted by atomic mass is 32.2. The zero-order valence-electron chi connectivity index (χ0n) is 11.5. The van der Waals surface area contributed by atoms with Gasteiger partial charge in [-0.15, -0.1) is 23.1 Å². The van der Waals surface area contributed by atoms with Gasteiger partial charge in [-0.05, 0) is 20.8 Å². The van der Waals surface area contributed by atoms with Gasteiger partial charge in [0.15, 0.2) is 0 Å². The highest BCUT2D eigenvalue weighted by Gasteiger charge is 2.30. The largest absolute Gasteiger partial charge is 0.467 e. The van der Waals surface area contributed by atoms with Gasteiger partial charge in [0.25, 0.3) is 0 Å². The molecule has 0 aliphatic heterocycles. The first-order valence-electron chi connectivity index (χ1n) is 5.73. The summed E-state index contributed by atoms with van der Waals surface area (Å²) in [6.45, 7) is 5.18. The molecule has 0 saturated carbocycles. The lowest BCUT2D eigenvalue weighted by molar-refractivity contribution is -0.149. The predicted molar refractivity (Wildman–Crippen MR) is 77.3 cm³/mol. The molecule has 1 heterocycles. The van der Waals surface area contributed by atoms with E-state index in [4.69, 9.17) is 0 Å². The fraction of sp³-hybridized carbons (Fsp3) is 0.583. The number of rotatable bonds is 6. The second kappa shape index (κ2) is 6.91. The number of hydrogen-bond acceptors (Lipinski definition) is 6. The minimum atomic E-state index is -0.996. The number of methoxy groups -OCH3 is 1. The quantitative estimate of drug-likeness (QED) is 0.811. The first-order valence-corrected chi connectivity index (χ1v) is 7.77. The van der Waals surface area contributed by atoms with Crippen LogP contribution in [0.5, 0.6) is 0 Å². The number of nitrogens with one attached hydrogen (secondary N) is 1. The van der Waals surface area contributed by atoms with Gasteiger partial charge in [-0.25, -0.2) is 9.78 Å². The van der Waals surface area contributed by atoms with Crippen LogP contribution in [0, 0.1) is 6.92 Å². The number of carbonyl (C=O) groups is 2. The van der Waals surface area contributed by atoms with E-state index in [1.807, 2.05) is 12.3 Å². The molecule has 0 saturated heterocycles. The van der Waals surface area contributed by atoms with Gasteiger partial charge in [-0.2, -0.15) is 0 Å². The second-order valence-corrected chi connectivity index (χ2v) is 6.56. The van der Waals surface area contributed by atoms with Crippen LogP contribution in [0.25, 0.3) is 0 Å². The first-order chi connectivity index (χ1) is 8.85. The van der Waals surface area contributed by atoms with Gasteiger partial charge < -0.3 is 10.1 Å². The Balaban J connectivity index is 2.34. The Morgan fingerprint density at radius 3 is 2.74 bits per heavy atom. The summed E-state index contributed by atoms with van der Waals surface area (Å²) in [4.78, 5) is 27.4. The second-order valence-electron chi connectivity index (χ2n) is 4.52. The summed E-state index contributed by atoms with van der Waals surface area (Å²) in [7, 11) is 1.30. The number of esters is 1. The van der Waals surface area contributed by atoms with Crippen LogP contribution in [0.2, 0.25) is 0 Å². The highest BCUT2D eigenvalue weighted by Crippen LogP contribution is 2.15. The van der Waals surface area contributed by atoms with Gasteiger partial charge in [0.1, 0.15) is 5.54 Å². The molecule has 106 valence electrons. The molecule has 1 aromatic rings. The van der Waals surface area contributed by atoms with Crippen molar-refractivity contribution in [1.82, 2.24) is 10.3 Å². The van der Waals surface area contributed by atoms with E-state index in [1.165, 1.54) is 18.9 Å². The SMILES string of the molecule is COC(=O)C(C)(C)NC(=O)CSCc1csc(C)n1. The molecule has 19 heavy (non-hydrogen) atoms. The van der Waals surface area contributed by atoms with Crippen molar-refractivity contribution in [1.29, 1.82) is 0 Å². The number of thioether (sulfide) groups is 1. The molecule has 1 aromatic heterocycles. The normalized spacial score (nSPS) is 11.2. The zero-order valence-corrected chi connectivity index (χ0v) is 13.1. The smallest absolute Gasteiger partial charge is 0.330 e. The number of amides is 1. The van der Waals surface area contributed by atoms with E-state index in [9.17, 15) is 9.59 Å². The van der Waals surface area contributed by atoms with Crippen molar-refractivity contribution in [3.05, 3.63) is 16.1 Å². The van der Waals surface area contributed by atoms with Crippen molar-refractivity contribution in [3.8, 4) is 0 Å². The number of ether oxygens (including phenoxy) is 1. The minimum Gasteiger partial charge on any atom is -0.467 e. The van der Waals surface area contributed by atoms with Gasteiger partial charge in [-0.1, -0.05) is 0 Å². The molecule has 0 fully saturated rings. The van der Waals surface area contributed by atoms with E-state index in [0.29, 0.717) is 5.75 Å². The average Bonchev–Trinajstić information content (AvgIpc) is 2.73. The maximum absolute atomic E-state index is 11.7. The molecule has 0 bridgehead atoms. The first kappa shape index (κ1) is 16.0. The van der Waals surface area contributed by atoms with Crippen LogP contribution < -0.4 is 5.32 Å².